The number of ether oxygens (including phenoxy) is 1. The number of furan rings is 1. The number of hydrogen-bond acceptors (Lipinski definition) is 5. The molecule has 0 unspecified atom stereocenters. The predicted octanol–water partition coefficient (Wildman–Crippen LogP) is 5.58. The molecular weight excluding hydrogens is 416 g/mol. The van der Waals surface area contributed by atoms with Gasteiger partial charge in [0.15, 0.2) is 22.2 Å². The van der Waals surface area contributed by atoms with Crippen molar-refractivity contribution in [3.63, 3.8) is 0 Å². The first-order valence-corrected chi connectivity index (χ1v) is 9.40. The van der Waals surface area contributed by atoms with Gasteiger partial charge < -0.3 is 9.15 Å². The van der Waals surface area contributed by atoms with Crippen molar-refractivity contribution in [2.75, 3.05) is 12.4 Å². The summed E-state index contributed by atoms with van der Waals surface area (Å²) >= 11 is 4.78. The SMILES string of the molecule is COc1cccc2cc(C(=O)Nc3nc(-c4ccc(Br)cc4)cs3)oc12. The van der Waals surface area contributed by atoms with Gasteiger partial charge in [0.05, 0.1) is 12.8 Å². The third-order valence-corrected chi connectivity index (χ3v) is 5.10. The van der Waals surface area contributed by atoms with E-state index in [1.807, 2.05) is 41.8 Å². The van der Waals surface area contributed by atoms with Crippen LogP contribution in [0.15, 0.2) is 62.8 Å². The molecule has 5 nitrogen and oxygen atoms in total. The van der Waals surface area contributed by atoms with Crippen molar-refractivity contribution in [2.45, 2.75) is 0 Å². The molecule has 4 rings (SSSR count). The van der Waals surface area contributed by atoms with Crippen LogP contribution in [0.3, 0.4) is 0 Å². The molecule has 0 fully saturated rings. The molecule has 26 heavy (non-hydrogen) atoms. The van der Waals surface area contributed by atoms with Gasteiger partial charge >= 0.3 is 0 Å². The van der Waals surface area contributed by atoms with E-state index >= 15 is 0 Å². The van der Waals surface area contributed by atoms with E-state index in [0.29, 0.717) is 16.5 Å². The summed E-state index contributed by atoms with van der Waals surface area (Å²) in [4.78, 5) is 17.0. The minimum atomic E-state index is -0.347. The fraction of sp³-hybridized carbons (Fsp3) is 0.0526. The second-order valence-electron chi connectivity index (χ2n) is 5.49. The minimum absolute atomic E-state index is 0.213. The third kappa shape index (κ3) is 3.23. The van der Waals surface area contributed by atoms with Gasteiger partial charge in [-0.25, -0.2) is 4.98 Å². The van der Waals surface area contributed by atoms with Gasteiger partial charge in [-0.2, -0.15) is 0 Å². The van der Waals surface area contributed by atoms with Gasteiger partial charge in [-0.05, 0) is 24.3 Å². The lowest BCUT2D eigenvalue weighted by Crippen LogP contribution is -2.10. The molecule has 4 aromatic rings. The Morgan fingerprint density at radius 1 is 1.23 bits per heavy atom. The Balaban J connectivity index is 1.56. The molecule has 0 aliphatic heterocycles. The van der Waals surface area contributed by atoms with Crippen LogP contribution >= 0.6 is 27.3 Å². The lowest BCUT2D eigenvalue weighted by molar-refractivity contribution is 0.0998. The van der Waals surface area contributed by atoms with E-state index in [2.05, 4.69) is 26.2 Å². The lowest BCUT2D eigenvalue weighted by Gasteiger charge is -1.99. The Labute approximate surface area is 161 Å². The molecule has 0 aliphatic rings. The topological polar surface area (TPSA) is 64.4 Å². The maximum absolute atomic E-state index is 12.5. The normalized spacial score (nSPS) is 10.8. The first kappa shape index (κ1) is 16.8. The number of fused-ring (bicyclic) bond motifs is 1. The van der Waals surface area contributed by atoms with Crippen LogP contribution in [0.5, 0.6) is 5.75 Å². The zero-order valence-electron chi connectivity index (χ0n) is 13.7. The van der Waals surface area contributed by atoms with E-state index in [4.69, 9.17) is 9.15 Å². The van der Waals surface area contributed by atoms with Crippen molar-refractivity contribution in [3.05, 3.63) is 64.1 Å². The number of amides is 1. The lowest BCUT2D eigenvalue weighted by atomic mass is 10.2. The summed E-state index contributed by atoms with van der Waals surface area (Å²) in [7, 11) is 1.57. The third-order valence-electron chi connectivity index (χ3n) is 3.82. The van der Waals surface area contributed by atoms with Crippen LogP contribution in [0.1, 0.15) is 10.6 Å². The van der Waals surface area contributed by atoms with E-state index in [9.17, 15) is 4.79 Å². The van der Waals surface area contributed by atoms with Crippen LogP contribution in [0.4, 0.5) is 5.13 Å². The van der Waals surface area contributed by atoms with E-state index in [1.165, 1.54) is 11.3 Å². The highest BCUT2D eigenvalue weighted by Gasteiger charge is 2.16. The number of carbonyl (C=O) groups excluding carboxylic acids is 1. The Morgan fingerprint density at radius 2 is 2.04 bits per heavy atom. The second-order valence-corrected chi connectivity index (χ2v) is 7.26. The van der Waals surface area contributed by atoms with Gasteiger partial charge in [-0.1, -0.05) is 40.2 Å². The van der Waals surface area contributed by atoms with Crippen LogP contribution in [-0.4, -0.2) is 18.0 Å². The monoisotopic (exact) mass is 428 g/mol. The van der Waals surface area contributed by atoms with Crippen molar-refractivity contribution < 1.29 is 13.9 Å². The average Bonchev–Trinajstić information content (AvgIpc) is 3.29. The van der Waals surface area contributed by atoms with Crippen molar-refractivity contribution in [1.29, 1.82) is 0 Å². The number of para-hydroxylation sites is 1. The van der Waals surface area contributed by atoms with Crippen molar-refractivity contribution in [2.24, 2.45) is 0 Å². The molecular formula is C19H13BrN2O3S. The van der Waals surface area contributed by atoms with E-state index in [0.717, 1.165) is 21.1 Å². The zero-order valence-corrected chi connectivity index (χ0v) is 16.1. The zero-order chi connectivity index (χ0) is 18.1. The Hall–Kier alpha value is -2.64. The maximum atomic E-state index is 12.5. The van der Waals surface area contributed by atoms with Crippen LogP contribution in [-0.2, 0) is 0 Å². The van der Waals surface area contributed by atoms with Gasteiger partial charge in [0.1, 0.15) is 0 Å². The molecule has 0 radical (unpaired) electrons. The predicted molar refractivity (Wildman–Crippen MR) is 106 cm³/mol. The molecule has 2 heterocycles. The molecule has 0 saturated heterocycles. The highest BCUT2D eigenvalue weighted by atomic mass is 79.9. The van der Waals surface area contributed by atoms with E-state index < -0.39 is 0 Å². The van der Waals surface area contributed by atoms with Crippen LogP contribution in [0.2, 0.25) is 0 Å². The first-order valence-electron chi connectivity index (χ1n) is 7.73. The molecule has 2 aromatic heterocycles. The number of thiazole rings is 1. The first-order chi connectivity index (χ1) is 12.6. The van der Waals surface area contributed by atoms with E-state index in [1.54, 1.807) is 19.2 Å². The molecule has 1 amide bonds. The second kappa shape index (κ2) is 6.93. The fourth-order valence-electron chi connectivity index (χ4n) is 2.55. The van der Waals surface area contributed by atoms with E-state index in [-0.39, 0.29) is 11.7 Å². The van der Waals surface area contributed by atoms with Gasteiger partial charge in [0.2, 0.25) is 0 Å². The number of nitrogens with one attached hydrogen (secondary N) is 1. The summed E-state index contributed by atoms with van der Waals surface area (Å²) in [5.41, 5.74) is 2.34. The number of benzene rings is 2. The van der Waals surface area contributed by atoms with Gasteiger partial charge in [0, 0.05) is 20.8 Å². The number of carbonyl (C=O) groups is 1. The number of anilines is 1. The molecule has 0 saturated carbocycles. The van der Waals surface area contributed by atoms with Gasteiger partial charge in [-0.15, -0.1) is 11.3 Å². The summed E-state index contributed by atoms with van der Waals surface area (Å²) in [5, 5.41) is 6.01. The standard InChI is InChI=1S/C19H13BrN2O3S/c1-24-15-4-2-3-12-9-16(25-17(12)15)18(23)22-19-21-14(10-26-19)11-5-7-13(20)8-6-11/h2-10H,1H3,(H,21,22,23). The Kier molecular flexibility index (Phi) is 4.48. The Bertz CT molecular complexity index is 1090. The van der Waals surface area contributed by atoms with Crippen molar-refractivity contribution >= 4 is 49.3 Å². The average molecular weight is 429 g/mol. The number of rotatable bonds is 4. The van der Waals surface area contributed by atoms with Crippen molar-refractivity contribution in [3.8, 4) is 17.0 Å². The van der Waals surface area contributed by atoms with Gasteiger partial charge in [-0.3, -0.25) is 10.1 Å². The molecule has 130 valence electrons. The van der Waals surface area contributed by atoms with Crippen LogP contribution < -0.4 is 10.1 Å². The summed E-state index contributed by atoms with van der Waals surface area (Å²) < 4.78 is 11.9. The fourth-order valence-corrected chi connectivity index (χ4v) is 3.53. The molecule has 0 bridgehead atoms. The molecule has 2 aromatic carbocycles. The summed E-state index contributed by atoms with van der Waals surface area (Å²) in [6.07, 6.45) is 0. The van der Waals surface area contributed by atoms with Crippen LogP contribution in [0, 0.1) is 0 Å². The molecule has 0 atom stereocenters. The van der Waals surface area contributed by atoms with Crippen molar-refractivity contribution in [1.82, 2.24) is 4.98 Å². The van der Waals surface area contributed by atoms with Gasteiger partial charge in [0.25, 0.3) is 5.91 Å². The number of aromatic nitrogens is 1. The minimum Gasteiger partial charge on any atom is -0.493 e. The Morgan fingerprint density at radius 3 is 2.81 bits per heavy atom. The highest BCUT2D eigenvalue weighted by Crippen LogP contribution is 2.30. The summed E-state index contributed by atoms with van der Waals surface area (Å²) in [6.45, 7) is 0. The maximum Gasteiger partial charge on any atom is 0.293 e. The highest BCUT2D eigenvalue weighted by molar-refractivity contribution is 9.10. The molecule has 7 heteroatoms. The molecule has 0 aliphatic carbocycles. The smallest absolute Gasteiger partial charge is 0.293 e. The molecule has 0 spiro atoms. The molecule has 1 N–H and O–H groups in total. The largest absolute Gasteiger partial charge is 0.493 e. The number of methoxy groups -OCH3 is 1. The summed E-state index contributed by atoms with van der Waals surface area (Å²) in [5.74, 6) is 0.457. The quantitative estimate of drug-likeness (QED) is 0.460. The summed E-state index contributed by atoms with van der Waals surface area (Å²) in [6, 6.07) is 15.0. The number of hydrogen-bond donors (Lipinski definition) is 1. The number of halogens is 1. The van der Waals surface area contributed by atoms with Crippen LogP contribution in [0.25, 0.3) is 22.2 Å². The number of nitrogens with zero attached hydrogens (tertiary/aromatic N) is 1.